The fourth-order valence-electron chi connectivity index (χ4n) is 3.21. The molecule has 0 bridgehead atoms. The van der Waals surface area contributed by atoms with Crippen molar-refractivity contribution in [3.63, 3.8) is 0 Å². The molecule has 0 aliphatic heterocycles. The maximum atomic E-state index is 12.9. The summed E-state index contributed by atoms with van der Waals surface area (Å²) >= 11 is 0. The summed E-state index contributed by atoms with van der Waals surface area (Å²) in [7, 11) is 1.58. The highest BCUT2D eigenvalue weighted by molar-refractivity contribution is 5.92. The smallest absolute Gasteiger partial charge is 0.258 e. The zero-order chi connectivity index (χ0) is 22.4. The highest BCUT2D eigenvalue weighted by atomic mass is 16.5. The largest absolute Gasteiger partial charge is 0.493 e. The number of amides is 1. The number of nitrogens with zero attached hydrogens (tertiary/aromatic N) is 2. The number of para-hydroxylation sites is 1. The van der Waals surface area contributed by atoms with Gasteiger partial charge in [-0.15, -0.1) is 0 Å². The molecule has 0 radical (unpaired) electrons. The number of methoxy groups -OCH3 is 1. The molecule has 1 N–H and O–H groups in total. The van der Waals surface area contributed by atoms with E-state index in [1.54, 1.807) is 36.3 Å². The van der Waals surface area contributed by atoms with Crippen molar-refractivity contribution in [3.05, 3.63) is 70.3 Å². The molecule has 7 nitrogen and oxygen atoms in total. The van der Waals surface area contributed by atoms with Gasteiger partial charge in [0.25, 0.3) is 5.56 Å². The average Bonchev–Trinajstić information content (AvgIpc) is 2.76. The molecule has 0 saturated carbocycles. The molecule has 0 saturated heterocycles. The van der Waals surface area contributed by atoms with Gasteiger partial charge in [0.1, 0.15) is 5.82 Å². The lowest BCUT2D eigenvalue weighted by atomic mass is 10.1. The molecule has 0 atom stereocenters. The zero-order valence-corrected chi connectivity index (χ0v) is 18.2. The van der Waals surface area contributed by atoms with E-state index in [2.05, 4.69) is 9.97 Å². The molecular weight excluding hydrogens is 394 g/mol. The van der Waals surface area contributed by atoms with Gasteiger partial charge in [0.15, 0.2) is 11.5 Å². The maximum Gasteiger partial charge on any atom is 0.258 e. The van der Waals surface area contributed by atoms with Crippen molar-refractivity contribution in [2.45, 2.75) is 33.4 Å². The summed E-state index contributed by atoms with van der Waals surface area (Å²) in [4.78, 5) is 34.2. The van der Waals surface area contributed by atoms with E-state index >= 15 is 0 Å². The van der Waals surface area contributed by atoms with Gasteiger partial charge in [-0.05, 0) is 56.7 Å². The van der Waals surface area contributed by atoms with Gasteiger partial charge in [-0.1, -0.05) is 18.2 Å². The van der Waals surface area contributed by atoms with E-state index in [0.717, 1.165) is 5.56 Å². The lowest BCUT2D eigenvalue weighted by molar-refractivity contribution is -0.128. The topological polar surface area (TPSA) is 84.5 Å². The third-order valence-corrected chi connectivity index (χ3v) is 4.79. The lowest BCUT2D eigenvalue weighted by Crippen LogP contribution is -2.36. The second-order valence-electron chi connectivity index (χ2n) is 7.27. The Bertz CT molecular complexity index is 1150. The van der Waals surface area contributed by atoms with Crippen LogP contribution < -0.4 is 15.0 Å². The van der Waals surface area contributed by atoms with Crippen LogP contribution in [-0.4, -0.2) is 40.5 Å². The number of carbonyl (C=O) groups is 1. The lowest BCUT2D eigenvalue weighted by Gasteiger charge is -2.25. The standard InChI is InChI=1S/C24H27N3O4/c1-5-31-20-12-10-17(14-21(20)30-4)11-13-23(28)27(16(2)3)15-22-25-19-9-7-6-8-18(19)24(29)26-22/h6-14,16H,5,15H2,1-4H3,(H,25,26,29)/b13-11+. The van der Waals surface area contributed by atoms with E-state index in [0.29, 0.717) is 34.8 Å². The Hall–Kier alpha value is -3.61. The number of H-pyrrole nitrogens is 1. The first kappa shape index (κ1) is 22.1. The van der Waals surface area contributed by atoms with E-state index in [1.807, 2.05) is 45.0 Å². The monoisotopic (exact) mass is 421 g/mol. The summed E-state index contributed by atoms with van der Waals surface area (Å²) in [6.45, 7) is 6.49. The van der Waals surface area contributed by atoms with Crippen molar-refractivity contribution >= 4 is 22.9 Å². The average molecular weight is 421 g/mol. The Morgan fingerprint density at radius 1 is 1.19 bits per heavy atom. The van der Waals surface area contributed by atoms with Gasteiger partial charge in [-0.2, -0.15) is 0 Å². The van der Waals surface area contributed by atoms with Gasteiger partial charge in [0.05, 0.1) is 31.2 Å². The summed E-state index contributed by atoms with van der Waals surface area (Å²) in [5.41, 5.74) is 1.21. The normalized spacial score (nSPS) is 11.3. The van der Waals surface area contributed by atoms with Crippen LogP contribution in [0.5, 0.6) is 11.5 Å². The van der Waals surface area contributed by atoms with Crippen LogP contribution in [0.3, 0.4) is 0 Å². The zero-order valence-electron chi connectivity index (χ0n) is 18.2. The minimum absolute atomic E-state index is 0.0798. The summed E-state index contributed by atoms with van der Waals surface area (Å²) < 4.78 is 10.9. The van der Waals surface area contributed by atoms with Crippen molar-refractivity contribution in [1.82, 2.24) is 14.9 Å². The fraction of sp³-hybridized carbons (Fsp3) is 0.292. The molecule has 1 amide bonds. The van der Waals surface area contributed by atoms with Crippen LogP contribution in [0.1, 0.15) is 32.2 Å². The minimum atomic E-state index is -0.214. The molecular formula is C24H27N3O4. The van der Waals surface area contributed by atoms with Crippen molar-refractivity contribution in [2.24, 2.45) is 0 Å². The minimum Gasteiger partial charge on any atom is -0.493 e. The van der Waals surface area contributed by atoms with E-state index in [4.69, 9.17) is 9.47 Å². The molecule has 1 heterocycles. The van der Waals surface area contributed by atoms with Gasteiger partial charge >= 0.3 is 0 Å². The Kier molecular flexibility index (Phi) is 7.07. The van der Waals surface area contributed by atoms with Gasteiger partial charge in [0.2, 0.25) is 5.91 Å². The van der Waals surface area contributed by atoms with Crippen molar-refractivity contribution < 1.29 is 14.3 Å². The summed E-state index contributed by atoms with van der Waals surface area (Å²) in [6, 6.07) is 12.6. The Morgan fingerprint density at radius 2 is 1.97 bits per heavy atom. The first-order chi connectivity index (χ1) is 14.9. The van der Waals surface area contributed by atoms with Crippen LogP contribution in [0.15, 0.2) is 53.3 Å². The molecule has 0 aliphatic rings. The van der Waals surface area contributed by atoms with Gasteiger partial charge in [-0.25, -0.2) is 4.98 Å². The number of hydrogen-bond acceptors (Lipinski definition) is 5. The molecule has 7 heteroatoms. The molecule has 0 aliphatic carbocycles. The fourth-order valence-corrected chi connectivity index (χ4v) is 3.21. The molecule has 1 aromatic heterocycles. The predicted molar refractivity (Wildman–Crippen MR) is 121 cm³/mol. The Morgan fingerprint density at radius 3 is 2.68 bits per heavy atom. The van der Waals surface area contributed by atoms with E-state index in [1.165, 1.54) is 6.08 Å². The molecule has 3 aromatic rings. The number of carbonyl (C=O) groups excluding carboxylic acids is 1. The Labute approximate surface area is 181 Å². The molecule has 162 valence electrons. The number of aromatic amines is 1. The number of benzene rings is 2. The van der Waals surface area contributed by atoms with Crippen LogP contribution in [0.2, 0.25) is 0 Å². The third-order valence-electron chi connectivity index (χ3n) is 4.79. The predicted octanol–water partition coefficient (Wildman–Crippen LogP) is 3.78. The van der Waals surface area contributed by atoms with Crippen LogP contribution >= 0.6 is 0 Å². The molecule has 3 rings (SSSR count). The van der Waals surface area contributed by atoms with Crippen molar-refractivity contribution in [1.29, 1.82) is 0 Å². The summed E-state index contributed by atoms with van der Waals surface area (Å²) in [6.07, 6.45) is 3.24. The van der Waals surface area contributed by atoms with E-state index in [-0.39, 0.29) is 24.1 Å². The first-order valence-corrected chi connectivity index (χ1v) is 10.2. The van der Waals surface area contributed by atoms with Crippen molar-refractivity contribution in [2.75, 3.05) is 13.7 Å². The Balaban J connectivity index is 1.80. The van der Waals surface area contributed by atoms with Gasteiger partial charge < -0.3 is 19.4 Å². The SMILES string of the molecule is CCOc1ccc(/C=C/C(=O)N(Cc2nc3ccccc3c(=O)[nH]2)C(C)C)cc1OC. The maximum absolute atomic E-state index is 12.9. The molecule has 0 unspecified atom stereocenters. The number of fused-ring (bicyclic) bond motifs is 1. The van der Waals surface area contributed by atoms with Crippen LogP contribution in [-0.2, 0) is 11.3 Å². The van der Waals surface area contributed by atoms with Crippen molar-refractivity contribution in [3.8, 4) is 11.5 Å². The summed E-state index contributed by atoms with van der Waals surface area (Å²) in [5, 5.41) is 0.526. The number of hydrogen-bond donors (Lipinski definition) is 1. The first-order valence-electron chi connectivity index (χ1n) is 10.2. The summed E-state index contributed by atoms with van der Waals surface area (Å²) in [5.74, 6) is 1.53. The molecule has 0 fully saturated rings. The number of aromatic nitrogens is 2. The van der Waals surface area contributed by atoms with Crippen LogP contribution in [0, 0.1) is 0 Å². The number of nitrogens with one attached hydrogen (secondary N) is 1. The quantitative estimate of drug-likeness (QED) is 0.560. The number of rotatable bonds is 8. The highest BCUT2D eigenvalue weighted by Gasteiger charge is 2.17. The van der Waals surface area contributed by atoms with Gasteiger partial charge in [0, 0.05) is 12.1 Å². The van der Waals surface area contributed by atoms with Gasteiger partial charge in [-0.3, -0.25) is 9.59 Å². The third kappa shape index (κ3) is 5.31. The van der Waals surface area contributed by atoms with E-state index < -0.39 is 0 Å². The molecule has 2 aromatic carbocycles. The second-order valence-corrected chi connectivity index (χ2v) is 7.27. The second kappa shape index (κ2) is 9.93. The van der Waals surface area contributed by atoms with E-state index in [9.17, 15) is 9.59 Å². The number of ether oxygens (including phenoxy) is 2. The molecule has 0 spiro atoms. The van der Waals surface area contributed by atoms with Crippen LogP contribution in [0.4, 0.5) is 0 Å². The van der Waals surface area contributed by atoms with Crippen LogP contribution in [0.25, 0.3) is 17.0 Å². The highest BCUT2D eigenvalue weighted by Crippen LogP contribution is 2.28. The molecule has 31 heavy (non-hydrogen) atoms.